The van der Waals surface area contributed by atoms with Crippen LogP contribution >= 0.6 is 0 Å². The lowest BCUT2D eigenvalue weighted by Gasteiger charge is -2.22. The number of rotatable bonds is 5. The van der Waals surface area contributed by atoms with Crippen LogP contribution in [-0.2, 0) is 4.79 Å². The molecule has 1 fully saturated rings. The second-order valence-electron chi connectivity index (χ2n) is 6.94. The van der Waals surface area contributed by atoms with Gasteiger partial charge in [-0.1, -0.05) is 6.07 Å². The van der Waals surface area contributed by atoms with Crippen LogP contribution in [0.2, 0.25) is 0 Å². The molecule has 1 saturated heterocycles. The van der Waals surface area contributed by atoms with Gasteiger partial charge in [0, 0.05) is 36.3 Å². The number of amides is 1. The molecule has 0 bridgehead atoms. The third-order valence-corrected chi connectivity index (χ3v) is 5.06. The first-order valence-electron chi connectivity index (χ1n) is 9.46. The first kappa shape index (κ1) is 18.2. The number of benzene rings is 1. The van der Waals surface area contributed by atoms with Crippen LogP contribution in [0.1, 0.15) is 19.8 Å². The van der Waals surface area contributed by atoms with Crippen LogP contribution in [0.15, 0.2) is 42.9 Å². The number of likely N-dealkylation sites (tertiary alicyclic amines) is 1. The zero-order valence-corrected chi connectivity index (χ0v) is 16.1. The molecule has 1 aliphatic rings. The summed E-state index contributed by atoms with van der Waals surface area (Å²) in [7, 11) is 1.60. The highest BCUT2D eigenvalue weighted by Gasteiger charge is 2.23. The zero-order valence-electron chi connectivity index (χ0n) is 16.1. The summed E-state index contributed by atoms with van der Waals surface area (Å²) in [4.78, 5) is 27.6. The molecule has 1 N–H and O–H groups in total. The summed E-state index contributed by atoms with van der Waals surface area (Å²) >= 11 is 0. The fourth-order valence-electron chi connectivity index (χ4n) is 3.50. The minimum absolute atomic E-state index is 0.111. The number of anilines is 1. The molecular weight excluding hydrogens is 354 g/mol. The first-order valence-corrected chi connectivity index (χ1v) is 9.46. The van der Waals surface area contributed by atoms with Crippen LogP contribution in [-0.4, -0.2) is 52.0 Å². The molecule has 0 unspecified atom stereocenters. The minimum atomic E-state index is -0.345. The Hall–Kier alpha value is -3.22. The van der Waals surface area contributed by atoms with E-state index in [2.05, 4.69) is 20.3 Å². The lowest BCUT2D eigenvalue weighted by atomic mass is 10.1. The number of nitrogens with one attached hydrogen (secondary N) is 1. The molecule has 7 nitrogen and oxygen atoms in total. The molecule has 1 aromatic carbocycles. The van der Waals surface area contributed by atoms with E-state index in [-0.39, 0.29) is 11.9 Å². The fraction of sp³-hybridized carbons (Fsp3) is 0.333. The molecule has 0 saturated carbocycles. The predicted octanol–water partition coefficient (Wildman–Crippen LogP) is 3.12. The maximum atomic E-state index is 12.6. The lowest BCUT2D eigenvalue weighted by molar-refractivity contribution is -0.130. The van der Waals surface area contributed by atoms with Crippen LogP contribution < -0.4 is 10.1 Å². The lowest BCUT2D eigenvalue weighted by Crippen LogP contribution is -2.39. The van der Waals surface area contributed by atoms with Gasteiger partial charge in [-0.05, 0) is 43.5 Å². The summed E-state index contributed by atoms with van der Waals surface area (Å²) in [5, 5.41) is 4.15. The maximum Gasteiger partial charge on any atom is 0.244 e. The molecule has 4 rings (SSSR count). The Morgan fingerprint density at radius 3 is 2.61 bits per heavy atom. The monoisotopic (exact) mass is 377 g/mol. The molecule has 7 heteroatoms. The summed E-state index contributed by atoms with van der Waals surface area (Å²) in [5.74, 6) is 1.35. The molecule has 144 valence electrons. The topological polar surface area (TPSA) is 80.2 Å². The molecule has 0 aliphatic carbocycles. The van der Waals surface area contributed by atoms with Crippen molar-refractivity contribution in [1.29, 1.82) is 0 Å². The van der Waals surface area contributed by atoms with Crippen molar-refractivity contribution in [3.63, 3.8) is 0 Å². The number of pyridine rings is 1. The van der Waals surface area contributed by atoms with Gasteiger partial charge >= 0.3 is 0 Å². The van der Waals surface area contributed by atoms with Crippen LogP contribution in [0.3, 0.4) is 0 Å². The van der Waals surface area contributed by atoms with Gasteiger partial charge in [0.1, 0.15) is 18.2 Å². The summed E-state index contributed by atoms with van der Waals surface area (Å²) < 4.78 is 5.13. The van der Waals surface area contributed by atoms with Crippen molar-refractivity contribution in [3.05, 3.63) is 42.9 Å². The van der Waals surface area contributed by atoms with E-state index < -0.39 is 0 Å². The van der Waals surface area contributed by atoms with Crippen molar-refractivity contribution >= 4 is 22.6 Å². The summed E-state index contributed by atoms with van der Waals surface area (Å²) in [6.07, 6.45) is 5.45. The van der Waals surface area contributed by atoms with Crippen molar-refractivity contribution in [2.24, 2.45) is 0 Å². The molecule has 2 aromatic heterocycles. The number of carbonyl (C=O) groups is 1. The van der Waals surface area contributed by atoms with E-state index in [1.807, 2.05) is 42.2 Å². The second-order valence-corrected chi connectivity index (χ2v) is 6.94. The quantitative estimate of drug-likeness (QED) is 0.736. The first-order chi connectivity index (χ1) is 13.7. The smallest absolute Gasteiger partial charge is 0.244 e. The van der Waals surface area contributed by atoms with Crippen molar-refractivity contribution in [3.8, 4) is 17.0 Å². The number of fused-ring (bicyclic) bond motifs is 1. The normalized spacial score (nSPS) is 14.9. The fourth-order valence-corrected chi connectivity index (χ4v) is 3.50. The molecule has 3 aromatic rings. The molecule has 1 atom stereocenters. The summed E-state index contributed by atoms with van der Waals surface area (Å²) in [5.41, 5.74) is 2.79. The van der Waals surface area contributed by atoms with Crippen molar-refractivity contribution < 1.29 is 9.53 Å². The van der Waals surface area contributed by atoms with Gasteiger partial charge in [0.15, 0.2) is 0 Å². The number of ether oxygens (including phenoxy) is 1. The van der Waals surface area contributed by atoms with Crippen molar-refractivity contribution in [2.45, 2.75) is 25.8 Å². The Morgan fingerprint density at radius 1 is 1.11 bits per heavy atom. The Kier molecular flexibility index (Phi) is 5.06. The molecule has 0 spiro atoms. The largest absolute Gasteiger partial charge is 0.481 e. The number of nitrogens with zero attached hydrogens (tertiary/aromatic N) is 4. The Bertz CT molecular complexity index is 984. The van der Waals surface area contributed by atoms with E-state index >= 15 is 0 Å². The van der Waals surface area contributed by atoms with Crippen LogP contribution in [0.5, 0.6) is 5.88 Å². The average molecular weight is 377 g/mol. The van der Waals surface area contributed by atoms with Crippen molar-refractivity contribution in [2.75, 3.05) is 25.5 Å². The standard InChI is InChI=1S/C21H23N5O2/c1-14(21(27)26-9-3-4-10-26)25-20-17-11-15(5-7-18(17)23-13-24-20)16-6-8-19(28-2)22-12-16/h5-8,11-14H,3-4,9-10H2,1-2H3,(H,23,24,25)/t14-/m0/s1. The van der Waals surface area contributed by atoms with Gasteiger partial charge in [0.2, 0.25) is 11.8 Å². The molecule has 1 aliphatic heterocycles. The predicted molar refractivity (Wildman–Crippen MR) is 108 cm³/mol. The van der Waals surface area contributed by atoms with Gasteiger partial charge in [-0.15, -0.1) is 0 Å². The van der Waals surface area contributed by atoms with Gasteiger partial charge in [-0.2, -0.15) is 0 Å². The van der Waals surface area contributed by atoms with Crippen LogP contribution in [0.25, 0.3) is 22.0 Å². The molecule has 28 heavy (non-hydrogen) atoms. The van der Waals surface area contributed by atoms with Gasteiger partial charge in [-0.3, -0.25) is 4.79 Å². The average Bonchev–Trinajstić information content (AvgIpc) is 3.28. The van der Waals surface area contributed by atoms with E-state index in [1.165, 1.54) is 6.33 Å². The highest BCUT2D eigenvalue weighted by molar-refractivity contribution is 5.94. The molecule has 0 radical (unpaired) electrons. The van der Waals surface area contributed by atoms with E-state index in [9.17, 15) is 4.79 Å². The van der Waals surface area contributed by atoms with E-state index in [0.29, 0.717) is 11.7 Å². The maximum absolute atomic E-state index is 12.6. The van der Waals surface area contributed by atoms with E-state index in [4.69, 9.17) is 4.74 Å². The molecule has 1 amide bonds. The Balaban J connectivity index is 1.63. The van der Waals surface area contributed by atoms with Gasteiger partial charge in [0.25, 0.3) is 0 Å². The van der Waals surface area contributed by atoms with E-state index in [0.717, 1.165) is 48.0 Å². The van der Waals surface area contributed by atoms with Crippen LogP contribution in [0.4, 0.5) is 5.82 Å². The minimum Gasteiger partial charge on any atom is -0.481 e. The summed E-state index contributed by atoms with van der Waals surface area (Å²) in [6, 6.07) is 9.42. The van der Waals surface area contributed by atoms with Crippen molar-refractivity contribution in [1.82, 2.24) is 19.9 Å². The zero-order chi connectivity index (χ0) is 19.5. The third kappa shape index (κ3) is 3.60. The van der Waals surface area contributed by atoms with Gasteiger partial charge < -0.3 is 15.0 Å². The number of methoxy groups -OCH3 is 1. The summed E-state index contributed by atoms with van der Waals surface area (Å²) in [6.45, 7) is 3.56. The van der Waals surface area contributed by atoms with Crippen LogP contribution in [0, 0.1) is 0 Å². The number of hydrogen-bond acceptors (Lipinski definition) is 6. The number of hydrogen-bond donors (Lipinski definition) is 1. The second kappa shape index (κ2) is 7.80. The highest BCUT2D eigenvalue weighted by atomic mass is 16.5. The molecular formula is C21H23N5O2. The Morgan fingerprint density at radius 2 is 1.89 bits per heavy atom. The molecule has 3 heterocycles. The number of carbonyl (C=O) groups excluding carboxylic acids is 1. The van der Waals surface area contributed by atoms with Gasteiger partial charge in [-0.25, -0.2) is 15.0 Å². The third-order valence-electron chi connectivity index (χ3n) is 5.06. The SMILES string of the molecule is COc1ccc(-c2ccc3ncnc(N[C@@H](C)C(=O)N4CCCC4)c3c2)cn1. The van der Waals surface area contributed by atoms with Gasteiger partial charge in [0.05, 0.1) is 12.6 Å². The number of aromatic nitrogens is 3. The van der Waals surface area contributed by atoms with E-state index in [1.54, 1.807) is 13.3 Å². The highest BCUT2D eigenvalue weighted by Crippen LogP contribution is 2.27. The Labute approximate surface area is 163 Å².